The van der Waals surface area contributed by atoms with Gasteiger partial charge < -0.3 is 14.8 Å². The molecule has 0 aliphatic heterocycles. The molecule has 2 amide bonds. The first-order valence-corrected chi connectivity index (χ1v) is 14.7. The Morgan fingerprint density at radius 1 is 0.857 bits per heavy atom. The molecule has 0 saturated heterocycles. The van der Waals surface area contributed by atoms with Gasteiger partial charge in [-0.25, -0.2) is 0 Å². The maximum Gasteiger partial charge on any atom is 0.263 e. The third-order valence-electron chi connectivity index (χ3n) is 7.79. The zero-order chi connectivity index (χ0) is 29.6. The average molecular weight is 560 g/mol. The van der Waals surface area contributed by atoms with Crippen molar-refractivity contribution in [3.63, 3.8) is 0 Å². The van der Waals surface area contributed by atoms with Gasteiger partial charge in [-0.15, -0.1) is 0 Å². The topological polar surface area (TPSA) is 71.4 Å². The van der Waals surface area contributed by atoms with Crippen LogP contribution in [0, 0.1) is 6.92 Å². The van der Waals surface area contributed by atoms with E-state index in [1.54, 1.807) is 15.5 Å². The number of unbranched alkanes of at least 4 members (excludes halogenated alkanes) is 1. The lowest BCUT2D eigenvalue weighted by Crippen LogP contribution is -2.37. The fraction of sp³-hybridized carbons (Fsp3) is 0.250. The molecule has 1 heterocycles. The van der Waals surface area contributed by atoms with Gasteiger partial charge in [0.25, 0.3) is 11.5 Å². The van der Waals surface area contributed by atoms with E-state index in [0.717, 1.165) is 40.4 Å². The van der Waals surface area contributed by atoms with Crippen LogP contribution in [0.15, 0.2) is 95.8 Å². The van der Waals surface area contributed by atoms with Crippen molar-refractivity contribution in [2.45, 2.75) is 53.0 Å². The second-order valence-electron chi connectivity index (χ2n) is 10.7. The Kier molecular flexibility index (Phi) is 8.82. The Morgan fingerprint density at radius 3 is 2.36 bits per heavy atom. The van der Waals surface area contributed by atoms with Crippen LogP contribution in [0.2, 0.25) is 0 Å². The number of aromatic nitrogens is 1. The van der Waals surface area contributed by atoms with Crippen molar-refractivity contribution in [1.29, 1.82) is 0 Å². The SMILES string of the molecule is CCCCC(=O)Nc1cccc2c1cc(C(=O)N(CC)c1ccc(C)cc1)c(=O)n2CCc1cccc2ccccc12. The summed E-state index contributed by atoms with van der Waals surface area (Å²) < 4.78 is 1.69. The number of rotatable bonds is 10. The summed E-state index contributed by atoms with van der Waals surface area (Å²) in [5, 5.41) is 5.99. The molecule has 1 N–H and O–H groups in total. The summed E-state index contributed by atoms with van der Waals surface area (Å²) in [6.07, 6.45) is 2.73. The highest BCUT2D eigenvalue weighted by Gasteiger charge is 2.23. The van der Waals surface area contributed by atoms with Crippen LogP contribution in [0.4, 0.5) is 11.4 Å². The molecule has 1 aromatic heterocycles. The van der Waals surface area contributed by atoms with Crippen LogP contribution in [0.3, 0.4) is 0 Å². The molecular weight excluding hydrogens is 522 g/mol. The predicted molar refractivity (Wildman–Crippen MR) is 173 cm³/mol. The number of nitrogens with one attached hydrogen (secondary N) is 1. The van der Waals surface area contributed by atoms with E-state index in [4.69, 9.17) is 0 Å². The maximum absolute atomic E-state index is 14.1. The summed E-state index contributed by atoms with van der Waals surface area (Å²) in [5.74, 6) is -0.445. The van der Waals surface area contributed by atoms with Crippen LogP contribution in [-0.4, -0.2) is 22.9 Å². The lowest BCUT2D eigenvalue weighted by molar-refractivity contribution is -0.116. The zero-order valence-corrected chi connectivity index (χ0v) is 24.5. The van der Waals surface area contributed by atoms with Gasteiger partial charge in [0.15, 0.2) is 0 Å². The van der Waals surface area contributed by atoms with Crippen LogP contribution >= 0.6 is 0 Å². The van der Waals surface area contributed by atoms with Crippen molar-refractivity contribution >= 4 is 44.9 Å². The largest absolute Gasteiger partial charge is 0.325 e. The number of aryl methyl sites for hydroxylation is 3. The number of benzene rings is 4. The molecule has 214 valence electrons. The van der Waals surface area contributed by atoms with E-state index >= 15 is 0 Å². The van der Waals surface area contributed by atoms with E-state index in [9.17, 15) is 14.4 Å². The van der Waals surface area contributed by atoms with Crippen molar-refractivity contribution in [3.05, 3.63) is 118 Å². The number of carbonyl (C=O) groups excluding carboxylic acids is 2. The summed E-state index contributed by atoms with van der Waals surface area (Å²) in [6.45, 7) is 6.73. The fourth-order valence-corrected chi connectivity index (χ4v) is 5.49. The van der Waals surface area contributed by atoms with Gasteiger partial charge in [-0.3, -0.25) is 14.4 Å². The minimum atomic E-state index is -0.362. The number of anilines is 2. The first-order chi connectivity index (χ1) is 20.4. The molecule has 42 heavy (non-hydrogen) atoms. The lowest BCUT2D eigenvalue weighted by Gasteiger charge is -2.22. The highest BCUT2D eigenvalue weighted by molar-refractivity contribution is 6.09. The quantitative estimate of drug-likeness (QED) is 0.193. The number of amides is 2. The lowest BCUT2D eigenvalue weighted by atomic mass is 10.0. The molecule has 0 aliphatic carbocycles. The first-order valence-electron chi connectivity index (χ1n) is 14.7. The Hall–Kier alpha value is -4.71. The monoisotopic (exact) mass is 559 g/mol. The van der Waals surface area contributed by atoms with Crippen molar-refractivity contribution in [2.75, 3.05) is 16.8 Å². The van der Waals surface area contributed by atoms with Crippen LogP contribution in [0.1, 0.15) is 54.6 Å². The number of hydrogen-bond acceptors (Lipinski definition) is 3. The minimum absolute atomic E-state index is 0.0816. The van der Waals surface area contributed by atoms with Crippen LogP contribution in [0.5, 0.6) is 0 Å². The maximum atomic E-state index is 14.1. The molecule has 0 saturated carbocycles. The molecule has 0 bridgehead atoms. The molecule has 0 unspecified atom stereocenters. The van der Waals surface area contributed by atoms with E-state index in [2.05, 4.69) is 29.6 Å². The Morgan fingerprint density at radius 2 is 1.60 bits per heavy atom. The number of pyridine rings is 1. The summed E-state index contributed by atoms with van der Waals surface area (Å²) >= 11 is 0. The van der Waals surface area contributed by atoms with Gasteiger partial charge in [-0.05, 0) is 73.4 Å². The Labute approximate surface area is 246 Å². The van der Waals surface area contributed by atoms with E-state index in [1.807, 2.05) is 81.4 Å². The van der Waals surface area contributed by atoms with Gasteiger partial charge in [0.1, 0.15) is 5.56 Å². The number of fused-ring (bicyclic) bond motifs is 2. The standard InChI is InChI=1S/C36H37N3O3/c1-4-6-17-34(40)37-32-15-10-16-33-30(32)24-31(35(41)38(5-2)28-20-18-25(3)19-21-28)36(42)39(33)23-22-27-13-9-12-26-11-7-8-14-29(26)27/h7-16,18-21,24H,4-6,17,22-23H2,1-3H3,(H,37,40). The third kappa shape index (κ3) is 5.98. The molecule has 0 aliphatic rings. The summed E-state index contributed by atoms with van der Waals surface area (Å²) in [7, 11) is 0. The second-order valence-corrected chi connectivity index (χ2v) is 10.7. The fourth-order valence-electron chi connectivity index (χ4n) is 5.49. The average Bonchev–Trinajstić information content (AvgIpc) is 3.00. The van der Waals surface area contributed by atoms with Crippen molar-refractivity contribution in [1.82, 2.24) is 4.57 Å². The summed E-state index contributed by atoms with van der Waals surface area (Å²) in [6, 6.07) is 29.3. The molecule has 0 spiro atoms. The zero-order valence-electron chi connectivity index (χ0n) is 24.5. The molecule has 6 nitrogen and oxygen atoms in total. The predicted octanol–water partition coefficient (Wildman–Crippen LogP) is 7.50. The molecule has 4 aromatic carbocycles. The minimum Gasteiger partial charge on any atom is -0.325 e. The van der Waals surface area contributed by atoms with Crippen molar-refractivity contribution in [3.8, 4) is 0 Å². The Bertz CT molecular complexity index is 1800. The molecule has 0 fully saturated rings. The smallest absolute Gasteiger partial charge is 0.263 e. The van der Waals surface area contributed by atoms with Gasteiger partial charge in [-0.2, -0.15) is 0 Å². The van der Waals surface area contributed by atoms with Crippen molar-refractivity contribution < 1.29 is 9.59 Å². The van der Waals surface area contributed by atoms with Gasteiger partial charge >= 0.3 is 0 Å². The van der Waals surface area contributed by atoms with Crippen molar-refractivity contribution in [2.24, 2.45) is 0 Å². The number of carbonyl (C=O) groups is 2. The summed E-state index contributed by atoms with van der Waals surface area (Å²) in [5.41, 5.74) is 3.97. The number of hydrogen-bond donors (Lipinski definition) is 1. The molecule has 0 radical (unpaired) electrons. The highest BCUT2D eigenvalue weighted by Crippen LogP contribution is 2.26. The molecule has 6 heteroatoms. The van der Waals surface area contributed by atoms with Gasteiger partial charge in [-0.1, -0.05) is 79.6 Å². The van der Waals surface area contributed by atoms with E-state index in [-0.39, 0.29) is 22.9 Å². The number of nitrogens with zero attached hydrogens (tertiary/aromatic N) is 2. The molecule has 5 rings (SSSR count). The van der Waals surface area contributed by atoms with Crippen LogP contribution in [0.25, 0.3) is 21.7 Å². The molecule has 5 aromatic rings. The normalized spacial score (nSPS) is 11.1. The molecular formula is C36H37N3O3. The molecule has 0 atom stereocenters. The highest BCUT2D eigenvalue weighted by atomic mass is 16.2. The van der Waals surface area contributed by atoms with Crippen LogP contribution < -0.4 is 15.8 Å². The van der Waals surface area contributed by atoms with E-state index in [0.29, 0.717) is 42.5 Å². The third-order valence-corrected chi connectivity index (χ3v) is 7.79. The van der Waals surface area contributed by atoms with Gasteiger partial charge in [0.2, 0.25) is 5.91 Å². The first kappa shape index (κ1) is 28.8. The van der Waals surface area contributed by atoms with E-state index < -0.39 is 0 Å². The van der Waals surface area contributed by atoms with E-state index in [1.165, 1.54) is 0 Å². The van der Waals surface area contributed by atoms with Gasteiger partial charge in [0, 0.05) is 30.6 Å². The Balaban J connectivity index is 1.62. The van der Waals surface area contributed by atoms with Crippen LogP contribution in [-0.2, 0) is 17.8 Å². The summed E-state index contributed by atoms with van der Waals surface area (Å²) in [4.78, 5) is 42.5. The second kappa shape index (κ2) is 12.9. The van der Waals surface area contributed by atoms with Gasteiger partial charge in [0.05, 0.1) is 11.2 Å².